The minimum Gasteiger partial charge on any atom is -0.456 e. The summed E-state index contributed by atoms with van der Waals surface area (Å²) in [5.41, 5.74) is 10.1. The fourth-order valence-corrected chi connectivity index (χ4v) is 3.52. The molecule has 0 atom stereocenters. The molecule has 4 rings (SSSR count). The molecule has 2 heterocycles. The molecule has 0 spiro atoms. The Kier molecular flexibility index (Phi) is 4.89. The maximum atomic E-state index is 6.26. The van der Waals surface area contributed by atoms with Gasteiger partial charge in [0.1, 0.15) is 11.3 Å². The fraction of sp³-hybridized carbons (Fsp3) is 0.208. The van der Waals surface area contributed by atoms with Gasteiger partial charge in [-0.15, -0.1) is 0 Å². The number of hydrogen-bond donors (Lipinski definition) is 1. The summed E-state index contributed by atoms with van der Waals surface area (Å²) in [6.07, 6.45) is 0. The summed E-state index contributed by atoms with van der Waals surface area (Å²) in [5, 5.41) is 6.41. The van der Waals surface area contributed by atoms with Gasteiger partial charge in [-0.2, -0.15) is 5.10 Å². The van der Waals surface area contributed by atoms with Crippen molar-refractivity contribution in [3.05, 3.63) is 82.0 Å². The van der Waals surface area contributed by atoms with Gasteiger partial charge in [0.05, 0.1) is 5.36 Å². The van der Waals surface area contributed by atoms with E-state index in [1.807, 2.05) is 32.0 Å². The zero-order valence-corrected chi connectivity index (χ0v) is 17.4. The van der Waals surface area contributed by atoms with Crippen molar-refractivity contribution in [2.75, 3.05) is 5.43 Å². The van der Waals surface area contributed by atoms with E-state index in [0.29, 0.717) is 5.95 Å². The van der Waals surface area contributed by atoms with E-state index in [1.54, 1.807) is 0 Å². The van der Waals surface area contributed by atoms with Crippen molar-refractivity contribution < 1.29 is 4.42 Å². The van der Waals surface area contributed by atoms with Crippen molar-refractivity contribution in [2.45, 2.75) is 34.6 Å². The molecule has 5 nitrogen and oxygen atoms in total. The summed E-state index contributed by atoms with van der Waals surface area (Å²) in [5.74, 6) is 1.25. The molecular formula is C24H24N4O. The van der Waals surface area contributed by atoms with Gasteiger partial charge in [-0.05, 0) is 57.9 Å². The lowest BCUT2D eigenvalue weighted by atomic mass is 10.0. The van der Waals surface area contributed by atoms with Crippen LogP contribution in [0, 0.1) is 34.6 Å². The maximum Gasteiger partial charge on any atom is 0.243 e. The molecule has 0 saturated heterocycles. The Balaban J connectivity index is 1.91. The third-order valence-electron chi connectivity index (χ3n) is 4.78. The highest BCUT2D eigenvalue weighted by Crippen LogP contribution is 2.25. The first-order valence-corrected chi connectivity index (χ1v) is 9.63. The van der Waals surface area contributed by atoms with E-state index < -0.39 is 0 Å². The lowest BCUT2D eigenvalue weighted by Gasteiger charge is -2.09. The van der Waals surface area contributed by atoms with Gasteiger partial charge < -0.3 is 4.42 Å². The monoisotopic (exact) mass is 384 g/mol. The quantitative estimate of drug-likeness (QED) is 0.483. The lowest BCUT2D eigenvalue weighted by molar-refractivity contribution is 0.617. The van der Waals surface area contributed by atoms with Gasteiger partial charge in [0.2, 0.25) is 5.95 Å². The number of nitrogens with one attached hydrogen (secondary N) is 1. The van der Waals surface area contributed by atoms with Crippen LogP contribution in [-0.2, 0) is 0 Å². The van der Waals surface area contributed by atoms with E-state index in [0.717, 1.165) is 50.2 Å². The molecule has 0 aliphatic rings. The van der Waals surface area contributed by atoms with Gasteiger partial charge in [0, 0.05) is 28.4 Å². The summed E-state index contributed by atoms with van der Waals surface area (Å²) in [6, 6.07) is 16.4. The van der Waals surface area contributed by atoms with Gasteiger partial charge in [-0.1, -0.05) is 35.9 Å². The molecule has 0 amide bonds. The minimum atomic E-state index is 0.484. The van der Waals surface area contributed by atoms with Crippen LogP contribution < -0.4 is 10.8 Å². The van der Waals surface area contributed by atoms with Crippen LogP contribution in [0.3, 0.4) is 0 Å². The molecule has 0 saturated carbocycles. The average molecular weight is 384 g/mol. The van der Waals surface area contributed by atoms with Crippen molar-refractivity contribution in [1.82, 2.24) is 9.97 Å². The van der Waals surface area contributed by atoms with E-state index >= 15 is 0 Å². The first kappa shape index (κ1) is 18.9. The molecule has 5 heteroatoms. The molecule has 1 N–H and O–H groups in total. The van der Waals surface area contributed by atoms with Crippen LogP contribution in [0.1, 0.15) is 28.1 Å². The standard InChI is InChI=1S/C24H24N4O/c1-14-6-8-19(9-7-14)21-13-20(23-16(3)10-15(2)11-22(23)29-21)27-28-24-25-17(4)12-18(5)26-24/h6-13H,1-5H3,(H,25,26,28)/b27-20-. The van der Waals surface area contributed by atoms with Gasteiger partial charge in [0.15, 0.2) is 0 Å². The van der Waals surface area contributed by atoms with Crippen LogP contribution in [0.5, 0.6) is 0 Å². The first-order valence-electron chi connectivity index (χ1n) is 9.63. The van der Waals surface area contributed by atoms with Crippen molar-refractivity contribution >= 4 is 16.9 Å². The van der Waals surface area contributed by atoms with Crippen molar-refractivity contribution in [3.63, 3.8) is 0 Å². The van der Waals surface area contributed by atoms with Gasteiger partial charge in [0.25, 0.3) is 0 Å². The van der Waals surface area contributed by atoms with Crippen molar-refractivity contribution in [2.24, 2.45) is 5.10 Å². The third-order valence-corrected chi connectivity index (χ3v) is 4.78. The zero-order valence-electron chi connectivity index (χ0n) is 17.4. The molecule has 0 bridgehead atoms. The highest BCUT2D eigenvalue weighted by Gasteiger charge is 2.09. The number of benzene rings is 2. The predicted molar refractivity (Wildman–Crippen MR) is 117 cm³/mol. The molecule has 0 aliphatic heterocycles. The summed E-state index contributed by atoms with van der Waals surface area (Å²) < 4.78 is 6.26. The van der Waals surface area contributed by atoms with Crippen LogP contribution in [0.15, 0.2) is 58.0 Å². The van der Waals surface area contributed by atoms with Crippen LogP contribution >= 0.6 is 0 Å². The molecule has 0 fully saturated rings. The Morgan fingerprint density at radius 2 is 1.48 bits per heavy atom. The van der Waals surface area contributed by atoms with Crippen molar-refractivity contribution in [1.29, 1.82) is 0 Å². The van der Waals surface area contributed by atoms with Crippen LogP contribution in [0.25, 0.3) is 22.3 Å². The number of aromatic nitrogens is 2. The molecule has 0 unspecified atom stereocenters. The molecule has 0 aliphatic carbocycles. The van der Waals surface area contributed by atoms with E-state index in [1.165, 1.54) is 5.56 Å². The summed E-state index contributed by atoms with van der Waals surface area (Å²) in [6.45, 7) is 10.1. The first-order chi connectivity index (χ1) is 13.9. The number of aryl methyl sites for hydroxylation is 5. The number of anilines is 1. The maximum absolute atomic E-state index is 6.26. The van der Waals surface area contributed by atoms with E-state index in [-0.39, 0.29) is 0 Å². The lowest BCUT2D eigenvalue weighted by Crippen LogP contribution is -2.10. The second-order valence-electron chi connectivity index (χ2n) is 7.51. The third kappa shape index (κ3) is 4.04. The number of fused-ring (bicyclic) bond motifs is 1. The second kappa shape index (κ2) is 7.51. The Hall–Kier alpha value is -3.47. The Morgan fingerprint density at radius 1 is 0.793 bits per heavy atom. The van der Waals surface area contributed by atoms with Gasteiger partial charge in [-0.25, -0.2) is 15.4 Å². The molecule has 29 heavy (non-hydrogen) atoms. The van der Waals surface area contributed by atoms with Gasteiger partial charge >= 0.3 is 0 Å². The zero-order chi connectivity index (χ0) is 20.5. The predicted octanol–water partition coefficient (Wildman–Crippen LogP) is 5.36. The molecule has 0 radical (unpaired) electrons. The highest BCUT2D eigenvalue weighted by molar-refractivity contribution is 5.82. The van der Waals surface area contributed by atoms with Crippen molar-refractivity contribution in [3.8, 4) is 11.3 Å². The molecular weight excluding hydrogens is 360 g/mol. The SMILES string of the molecule is Cc1ccc(-c2c/c(=N/Nc3nc(C)cc(C)n3)c3c(C)cc(C)cc3o2)cc1. The van der Waals surface area contributed by atoms with Gasteiger partial charge in [-0.3, -0.25) is 0 Å². The highest BCUT2D eigenvalue weighted by atomic mass is 16.3. The smallest absolute Gasteiger partial charge is 0.243 e. The Morgan fingerprint density at radius 3 is 2.17 bits per heavy atom. The molecule has 4 aromatic rings. The number of rotatable bonds is 3. The summed E-state index contributed by atoms with van der Waals surface area (Å²) >= 11 is 0. The number of nitrogens with zero attached hydrogens (tertiary/aromatic N) is 3. The average Bonchev–Trinajstić information content (AvgIpc) is 2.65. The molecule has 2 aromatic heterocycles. The largest absolute Gasteiger partial charge is 0.456 e. The second-order valence-corrected chi connectivity index (χ2v) is 7.51. The van der Waals surface area contributed by atoms with Crippen LogP contribution in [0.4, 0.5) is 5.95 Å². The molecule has 2 aromatic carbocycles. The fourth-order valence-electron chi connectivity index (χ4n) is 3.52. The Bertz CT molecular complexity index is 1250. The summed E-state index contributed by atoms with van der Waals surface area (Å²) in [4.78, 5) is 8.83. The number of hydrogen-bond acceptors (Lipinski definition) is 5. The van der Waals surface area contributed by atoms with Crippen LogP contribution in [0.2, 0.25) is 0 Å². The minimum absolute atomic E-state index is 0.484. The van der Waals surface area contributed by atoms with Crippen LogP contribution in [-0.4, -0.2) is 9.97 Å². The Labute approximate surface area is 170 Å². The molecule has 146 valence electrons. The normalized spacial score (nSPS) is 11.8. The van der Waals surface area contributed by atoms with E-state index in [9.17, 15) is 0 Å². The van der Waals surface area contributed by atoms with E-state index in [2.05, 4.69) is 71.6 Å². The topological polar surface area (TPSA) is 63.3 Å². The summed E-state index contributed by atoms with van der Waals surface area (Å²) in [7, 11) is 0. The van der Waals surface area contributed by atoms with E-state index in [4.69, 9.17) is 4.42 Å².